The molecule has 0 spiro atoms. The maximum Gasteiger partial charge on any atom is 0.0471 e. The van der Waals surface area contributed by atoms with E-state index in [1.54, 1.807) is 0 Å². The molecule has 0 saturated carbocycles. The number of rotatable bonds is 3. The highest BCUT2D eigenvalue weighted by atomic mass is 16.3. The number of likely N-dealkylation sites (N-methyl/N-ethyl adjacent to an activating group) is 1. The fourth-order valence-electron chi connectivity index (χ4n) is 2.96. The molecule has 88 valence electrons. The van der Waals surface area contributed by atoms with Crippen LogP contribution in [0.2, 0.25) is 0 Å². The van der Waals surface area contributed by atoms with Gasteiger partial charge in [-0.3, -0.25) is 4.90 Å². The third-order valence-electron chi connectivity index (χ3n) is 4.02. The number of aliphatic hydroxyl groups is 1. The average Bonchev–Trinajstić information content (AvgIpc) is 2.78. The number of aliphatic hydroxyl groups excluding tert-OH is 1. The van der Waals surface area contributed by atoms with E-state index in [-0.39, 0.29) is 0 Å². The van der Waals surface area contributed by atoms with Gasteiger partial charge in [0.25, 0.3) is 0 Å². The van der Waals surface area contributed by atoms with Crippen molar-refractivity contribution in [1.29, 1.82) is 0 Å². The Morgan fingerprint density at radius 1 is 1.20 bits per heavy atom. The quantitative estimate of drug-likeness (QED) is 0.749. The predicted octanol–water partition coefficient (Wildman–Crippen LogP) is 0.785. The molecule has 2 aliphatic heterocycles. The largest absolute Gasteiger partial charge is 0.396 e. The molecular weight excluding hydrogens is 188 g/mol. The van der Waals surface area contributed by atoms with E-state index in [0.29, 0.717) is 12.5 Å². The average molecular weight is 212 g/mol. The van der Waals surface area contributed by atoms with Gasteiger partial charge >= 0.3 is 0 Å². The Balaban J connectivity index is 1.83. The Morgan fingerprint density at radius 2 is 2.07 bits per heavy atom. The zero-order valence-electron chi connectivity index (χ0n) is 9.86. The molecule has 2 atom stereocenters. The van der Waals surface area contributed by atoms with Gasteiger partial charge in [-0.05, 0) is 44.8 Å². The van der Waals surface area contributed by atoms with Crippen LogP contribution in [0.25, 0.3) is 0 Å². The molecule has 0 aliphatic carbocycles. The van der Waals surface area contributed by atoms with Gasteiger partial charge in [0.05, 0.1) is 0 Å². The summed E-state index contributed by atoms with van der Waals surface area (Å²) in [7, 11) is 0. The molecule has 15 heavy (non-hydrogen) atoms. The molecule has 2 rings (SSSR count). The van der Waals surface area contributed by atoms with Gasteiger partial charge in [-0.25, -0.2) is 0 Å². The summed E-state index contributed by atoms with van der Waals surface area (Å²) in [4.78, 5) is 5.16. The molecule has 2 saturated heterocycles. The summed E-state index contributed by atoms with van der Waals surface area (Å²) in [6.45, 7) is 8.67. The SMILES string of the molecule is CCN1CCCC(N2CCC(CO)C2)C1. The van der Waals surface area contributed by atoms with E-state index >= 15 is 0 Å². The van der Waals surface area contributed by atoms with Gasteiger partial charge in [0.15, 0.2) is 0 Å². The van der Waals surface area contributed by atoms with Gasteiger partial charge < -0.3 is 10.0 Å². The lowest BCUT2D eigenvalue weighted by atomic mass is 10.0. The van der Waals surface area contributed by atoms with Crippen molar-refractivity contribution < 1.29 is 5.11 Å². The molecule has 2 aliphatic rings. The highest BCUT2D eigenvalue weighted by Gasteiger charge is 2.30. The van der Waals surface area contributed by atoms with Crippen LogP contribution < -0.4 is 0 Å². The van der Waals surface area contributed by atoms with Gasteiger partial charge in [0, 0.05) is 25.7 Å². The first-order valence-corrected chi connectivity index (χ1v) is 6.40. The Bertz CT molecular complexity index is 198. The third kappa shape index (κ3) is 2.71. The van der Waals surface area contributed by atoms with Crippen molar-refractivity contribution in [1.82, 2.24) is 9.80 Å². The second-order valence-electron chi connectivity index (χ2n) is 5.02. The first-order chi connectivity index (χ1) is 7.33. The molecular formula is C12H24N2O. The molecule has 0 bridgehead atoms. The van der Waals surface area contributed by atoms with E-state index in [4.69, 9.17) is 5.11 Å². The molecule has 0 aromatic heterocycles. The number of hydrogen-bond acceptors (Lipinski definition) is 3. The van der Waals surface area contributed by atoms with Crippen LogP contribution in [0.5, 0.6) is 0 Å². The fraction of sp³-hybridized carbons (Fsp3) is 1.00. The van der Waals surface area contributed by atoms with E-state index in [2.05, 4.69) is 16.7 Å². The van der Waals surface area contributed by atoms with Crippen molar-refractivity contribution in [3.63, 3.8) is 0 Å². The molecule has 2 unspecified atom stereocenters. The van der Waals surface area contributed by atoms with Crippen molar-refractivity contribution in [2.24, 2.45) is 5.92 Å². The standard InChI is InChI=1S/C12H24N2O/c1-2-13-6-3-4-12(9-13)14-7-5-11(8-14)10-15/h11-12,15H,2-10H2,1H3. The molecule has 2 heterocycles. The van der Waals surface area contributed by atoms with E-state index in [9.17, 15) is 0 Å². The molecule has 0 aromatic carbocycles. The Morgan fingerprint density at radius 3 is 2.73 bits per heavy atom. The third-order valence-corrected chi connectivity index (χ3v) is 4.02. The van der Waals surface area contributed by atoms with Gasteiger partial charge in [-0.1, -0.05) is 6.92 Å². The van der Waals surface area contributed by atoms with Gasteiger partial charge in [0.1, 0.15) is 0 Å². The molecule has 0 aromatic rings. The maximum atomic E-state index is 9.14. The van der Waals surface area contributed by atoms with Crippen LogP contribution in [0.15, 0.2) is 0 Å². The van der Waals surface area contributed by atoms with Crippen LogP contribution in [0, 0.1) is 5.92 Å². The van der Waals surface area contributed by atoms with E-state index in [0.717, 1.165) is 12.6 Å². The minimum absolute atomic E-state index is 0.376. The van der Waals surface area contributed by atoms with Crippen LogP contribution in [-0.2, 0) is 0 Å². The van der Waals surface area contributed by atoms with Crippen molar-refractivity contribution in [3.05, 3.63) is 0 Å². The Hall–Kier alpha value is -0.120. The molecule has 0 radical (unpaired) electrons. The number of likely N-dealkylation sites (tertiary alicyclic amines) is 2. The number of piperidine rings is 1. The summed E-state index contributed by atoms with van der Waals surface area (Å²) in [5.74, 6) is 0.544. The Kier molecular flexibility index (Phi) is 4.00. The lowest BCUT2D eigenvalue weighted by molar-refractivity contribution is 0.112. The van der Waals surface area contributed by atoms with Crippen LogP contribution in [-0.4, -0.2) is 60.3 Å². The zero-order chi connectivity index (χ0) is 10.7. The fourth-order valence-corrected chi connectivity index (χ4v) is 2.96. The summed E-state index contributed by atoms with van der Waals surface area (Å²) < 4.78 is 0. The molecule has 3 heteroatoms. The minimum Gasteiger partial charge on any atom is -0.396 e. The molecule has 0 amide bonds. The monoisotopic (exact) mass is 212 g/mol. The van der Waals surface area contributed by atoms with Crippen LogP contribution in [0.3, 0.4) is 0 Å². The summed E-state index contributed by atoms with van der Waals surface area (Å²) in [5, 5.41) is 9.14. The van der Waals surface area contributed by atoms with Gasteiger partial charge in [-0.2, -0.15) is 0 Å². The van der Waals surface area contributed by atoms with Crippen molar-refractivity contribution in [2.45, 2.75) is 32.2 Å². The topological polar surface area (TPSA) is 26.7 Å². The first-order valence-electron chi connectivity index (χ1n) is 6.40. The number of nitrogens with zero attached hydrogens (tertiary/aromatic N) is 2. The highest BCUT2D eigenvalue weighted by Crippen LogP contribution is 2.23. The first kappa shape index (κ1) is 11.4. The Labute approximate surface area is 93.1 Å². The van der Waals surface area contributed by atoms with E-state index < -0.39 is 0 Å². The van der Waals surface area contributed by atoms with Gasteiger partial charge in [-0.15, -0.1) is 0 Å². The maximum absolute atomic E-state index is 9.14. The predicted molar refractivity (Wildman–Crippen MR) is 61.9 cm³/mol. The van der Waals surface area contributed by atoms with Crippen LogP contribution in [0.1, 0.15) is 26.2 Å². The second-order valence-corrected chi connectivity index (χ2v) is 5.02. The van der Waals surface area contributed by atoms with Crippen LogP contribution in [0.4, 0.5) is 0 Å². The highest BCUT2D eigenvalue weighted by molar-refractivity contribution is 4.85. The van der Waals surface area contributed by atoms with Crippen LogP contribution >= 0.6 is 0 Å². The van der Waals surface area contributed by atoms with E-state index in [1.807, 2.05) is 0 Å². The molecule has 2 fully saturated rings. The van der Waals surface area contributed by atoms with E-state index in [1.165, 1.54) is 45.4 Å². The second kappa shape index (κ2) is 5.28. The molecule has 1 N–H and O–H groups in total. The smallest absolute Gasteiger partial charge is 0.0471 e. The van der Waals surface area contributed by atoms with Gasteiger partial charge in [0.2, 0.25) is 0 Å². The summed E-state index contributed by atoms with van der Waals surface area (Å²) in [5.41, 5.74) is 0. The summed E-state index contributed by atoms with van der Waals surface area (Å²) >= 11 is 0. The van der Waals surface area contributed by atoms with Crippen molar-refractivity contribution in [2.75, 3.05) is 39.3 Å². The molecule has 3 nitrogen and oxygen atoms in total. The summed E-state index contributed by atoms with van der Waals surface area (Å²) in [6, 6.07) is 0.759. The normalized spacial score (nSPS) is 34.8. The lowest BCUT2D eigenvalue weighted by Gasteiger charge is -2.37. The van der Waals surface area contributed by atoms with Crippen molar-refractivity contribution >= 4 is 0 Å². The minimum atomic E-state index is 0.376. The summed E-state index contributed by atoms with van der Waals surface area (Å²) in [6.07, 6.45) is 3.90. The van der Waals surface area contributed by atoms with Crippen molar-refractivity contribution in [3.8, 4) is 0 Å². The zero-order valence-corrected chi connectivity index (χ0v) is 9.86. The number of hydrogen-bond donors (Lipinski definition) is 1. The lowest BCUT2D eigenvalue weighted by Crippen LogP contribution is -2.47.